The quantitative estimate of drug-likeness (QED) is 0.771. The molecule has 0 unspecified atom stereocenters. The van der Waals surface area contributed by atoms with E-state index in [0.29, 0.717) is 0 Å². The number of nitrogens with one attached hydrogen (secondary N) is 1. The molecular formula is C14H20N2. The van der Waals surface area contributed by atoms with Gasteiger partial charge >= 0.3 is 0 Å². The molecule has 0 aliphatic heterocycles. The second-order valence-electron chi connectivity index (χ2n) is 4.54. The van der Waals surface area contributed by atoms with Crippen molar-refractivity contribution in [2.75, 3.05) is 0 Å². The molecule has 0 fully saturated rings. The second-order valence-corrected chi connectivity index (χ2v) is 4.54. The summed E-state index contributed by atoms with van der Waals surface area (Å²) in [4.78, 5) is 8.10. The van der Waals surface area contributed by atoms with E-state index in [0.717, 1.165) is 17.8 Å². The summed E-state index contributed by atoms with van der Waals surface area (Å²) in [5, 5.41) is 0. The van der Waals surface area contributed by atoms with Crippen LogP contribution in [0.1, 0.15) is 43.1 Å². The van der Waals surface area contributed by atoms with Gasteiger partial charge in [0, 0.05) is 6.42 Å². The molecular weight excluding hydrogens is 196 g/mol. The van der Waals surface area contributed by atoms with Crippen LogP contribution in [0.3, 0.4) is 0 Å². The van der Waals surface area contributed by atoms with Gasteiger partial charge in [0.1, 0.15) is 5.82 Å². The highest BCUT2D eigenvalue weighted by Gasteiger charge is 2.06. The topological polar surface area (TPSA) is 28.7 Å². The Balaban J connectivity index is 2.26. The number of nitrogens with zero attached hydrogens (tertiary/aromatic N) is 1. The van der Waals surface area contributed by atoms with Gasteiger partial charge in [0.2, 0.25) is 0 Å². The van der Waals surface area contributed by atoms with Crippen LogP contribution in [0, 0.1) is 13.8 Å². The van der Waals surface area contributed by atoms with Crippen molar-refractivity contribution >= 4 is 11.0 Å². The number of aryl methyl sites for hydroxylation is 3. The minimum Gasteiger partial charge on any atom is -0.342 e. The number of rotatable bonds is 4. The van der Waals surface area contributed by atoms with Crippen LogP contribution in [-0.4, -0.2) is 9.97 Å². The first-order valence-electron chi connectivity index (χ1n) is 6.17. The number of aromatic nitrogens is 2. The second kappa shape index (κ2) is 4.69. The third-order valence-corrected chi connectivity index (χ3v) is 3.24. The maximum Gasteiger partial charge on any atom is 0.107 e. The predicted octanol–water partition coefficient (Wildman–Crippen LogP) is 3.91. The number of unbranched alkanes of at least 4 members (excludes halogenated alkanes) is 2. The molecule has 16 heavy (non-hydrogen) atoms. The van der Waals surface area contributed by atoms with Crippen LogP contribution in [0.15, 0.2) is 12.1 Å². The fourth-order valence-corrected chi connectivity index (χ4v) is 2.03. The monoisotopic (exact) mass is 216 g/mol. The molecule has 2 aromatic rings. The van der Waals surface area contributed by atoms with E-state index < -0.39 is 0 Å². The molecule has 2 heteroatoms. The number of imidazole rings is 1. The van der Waals surface area contributed by atoms with Crippen molar-refractivity contribution in [3.63, 3.8) is 0 Å². The molecule has 0 saturated carbocycles. The molecule has 0 saturated heterocycles. The largest absolute Gasteiger partial charge is 0.342 e. The van der Waals surface area contributed by atoms with Crippen molar-refractivity contribution in [1.29, 1.82) is 0 Å². The zero-order valence-corrected chi connectivity index (χ0v) is 10.4. The van der Waals surface area contributed by atoms with Crippen LogP contribution in [0.25, 0.3) is 11.0 Å². The highest BCUT2D eigenvalue weighted by molar-refractivity contribution is 5.79. The summed E-state index contributed by atoms with van der Waals surface area (Å²) in [7, 11) is 0. The predicted molar refractivity (Wildman–Crippen MR) is 68.8 cm³/mol. The molecule has 1 heterocycles. The highest BCUT2D eigenvalue weighted by atomic mass is 14.9. The molecule has 1 aromatic carbocycles. The van der Waals surface area contributed by atoms with Crippen LogP contribution in [-0.2, 0) is 6.42 Å². The van der Waals surface area contributed by atoms with Gasteiger partial charge in [-0.15, -0.1) is 0 Å². The Morgan fingerprint density at radius 1 is 1.19 bits per heavy atom. The Kier molecular flexibility index (Phi) is 3.28. The lowest BCUT2D eigenvalue weighted by Crippen LogP contribution is -1.87. The van der Waals surface area contributed by atoms with Gasteiger partial charge in [0.25, 0.3) is 0 Å². The fourth-order valence-electron chi connectivity index (χ4n) is 2.03. The minimum absolute atomic E-state index is 1.07. The summed E-state index contributed by atoms with van der Waals surface area (Å²) in [6.07, 6.45) is 4.85. The summed E-state index contributed by atoms with van der Waals surface area (Å²) in [5.74, 6) is 1.14. The Labute approximate surface area is 97.1 Å². The van der Waals surface area contributed by atoms with Crippen molar-refractivity contribution in [2.24, 2.45) is 0 Å². The molecule has 86 valence electrons. The lowest BCUT2D eigenvalue weighted by Gasteiger charge is -1.98. The summed E-state index contributed by atoms with van der Waals surface area (Å²) in [6, 6.07) is 4.29. The van der Waals surface area contributed by atoms with E-state index in [1.165, 1.54) is 35.9 Å². The molecule has 0 amide bonds. The number of hydrogen-bond donors (Lipinski definition) is 1. The molecule has 1 aromatic heterocycles. The van der Waals surface area contributed by atoms with E-state index in [4.69, 9.17) is 0 Å². The van der Waals surface area contributed by atoms with Crippen LogP contribution in [0.5, 0.6) is 0 Å². The first-order chi connectivity index (χ1) is 7.72. The number of benzene rings is 1. The molecule has 2 rings (SSSR count). The Hall–Kier alpha value is -1.31. The number of fused-ring (bicyclic) bond motifs is 1. The fraction of sp³-hybridized carbons (Fsp3) is 0.500. The standard InChI is InChI=1S/C14H20N2/c1-4-5-6-7-13-15-12-9-8-10(2)11(3)14(12)16-13/h8-9H,4-7H2,1-3H3,(H,15,16). The van der Waals surface area contributed by atoms with Crippen molar-refractivity contribution in [1.82, 2.24) is 9.97 Å². The van der Waals surface area contributed by atoms with Crippen LogP contribution in [0.4, 0.5) is 0 Å². The summed E-state index contributed by atoms with van der Waals surface area (Å²) < 4.78 is 0. The van der Waals surface area contributed by atoms with Crippen molar-refractivity contribution < 1.29 is 0 Å². The third kappa shape index (κ3) is 2.11. The number of hydrogen-bond acceptors (Lipinski definition) is 1. The van der Waals surface area contributed by atoms with E-state index in [1.54, 1.807) is 0 Å². The van der Waals surface area contributed by atoms with Gasteiger partial charge in [-0.1, -0.05) is 25.8 Å². The SMILES string of the molecule is CCCCCc1nc2c(C)c(C)ccc2[nH]1. The third-order valence-electron chi connectivity index (χ3n) is 3.24. The van der Waals surface area contributed by atoms with E-state index in [9.17, 15) is 0 Å². The zero-order chi connectivity index (χ0) is 11.5. The smallest absolute Gasteiger partial charge is 0.107 e. The molecule has 0 radical (unpaired) electrons. The van der Waals surface area contributed by atoms with E-state index in [-0.39, 0.29) is 0 Å². The van der Waals surface area contributed by atoms with Crippen LogP contribution >= 0.6 is 0 Å². The molecule has 1 N–H and O–H groups in total. The first kappa shape index (κ1) is 11.2. The molecule has 0 atom stereocenters. The number of aromatic amines is 1. The van der Waals surface area contributed by atoms with Crippen LogP contribution in [0.2, 0.25) is 0 Å². The maximum absolute atomic E-state index is 4.69. The molecule has 0 aliphatic rings. The normalized spacial score (nSPS) is 11.2. The highest BCUT2D eigenvalue weighted by Crippen LogP contribution is 2.19. The van der Waals surface area contributed by atoms with Crippen LogP contribution < -0.4 is 0 Å². The molecule has 0 aliphatic carbocycles. The van der Waals surface area contributed by atoms with E-state index in [2.05, 4.69) is 42.9 Å². The van der Waals surface area contributed by atoms with Gasteiger partial charge in [0.15, 0.2) is 0 Å². The van der Waals surface area contributed by atoms with Gasteiger partial charge in [-0.2, -0.15) is 0 Å². The average Bonchev–Trinajstić information content (AvgIpc) is 2.68. The van der Waals surface area contributed by atoms with Gasteiger partial charge < -0.3 is 4.98 Å². The van der Waals surface area contributed by atoms with Gasteiger partial charge in [-0.25, -0.2) is 4.98 Å². The Morgan fingerprint density at radius 3 is 2.75 bits per heavy atom. The lowest BCUT2D eigenvalue weighted by molar-refractivity contribution is 0.700. The van der Waals surface area contributed by atoms with Gasteiger partial charge in [0.05, 0.1) is 11.0 Å². The van der Waals surface area contributed by atoms with E-state index in [1.807, 2.05) is 0 Å². The average molecular weight is 216 g/mol. The van der Waals surface area contributed by atoms with Gasteiger partial charge in [-0.3, -0.25) is 0 Å². The zero-order valence-electron chi connectivity index (χ0n) is 10.4. The first-order valence-corrected chi connectivity index (χ1v) is 6.17. The van der Waals surface area contributed by atoms with Gasteiger partial charge in [-0.05, 0) is 37.5 Å². The van der Waals surface area contributed by atoms with E-state index >= 15 is 0 Å². The minimum atomic E-state index is 1.07. The summed E-state index contributed by atoms with van der Waals surface area (Å²) in [6.45, 7) is 6.51. The summed E-state index contributed by atoms with van der Waals surface area (Å²) in [5.41, 5.74) is 4.94. The molecule has 2 nitrogen and oxygen atoms in total. The van der Waals surface area contributed by atoms with Crippen molar-refractivity contribution in [3.8, 4) is 0 Å². The van der Waals surface area contributed by atoms with Crippen molar-refractivity contribution in [2.45, 2.75) is 46.5 Å². The molecule has 0 spiro atoms. The summed E-state index contributed by atoms with van der Waals surface area (Å²) >= 11 is 0. The van der Waals surface area contributed by atoms with Crippen molar-refractivity contribution in [3.05, 3.63) is 29.1 Å². The maximum atomic E-state index is 4.69. The Morgan fingerprint density at radius 2 is 2.00 bits per heavy atom. The number of H-pyrrole nitrogens is 1. The lowest BCUT2D eigenvalue weighted by atomic mass is 10.1. The molecule has 0 bridgehead atoms. The Bertz CT molecular complexity index is 483.